The summed E-state index contributed by atoms with van der Waals surface area (Å²) in [5, 5.41) is 11.0. The zero-order valence-electron chi connectivity index (χ0n) is 11.4. The average molecular weight is 269 g/mol. The van der Waals surface area contributed by atoms with Crippen LogP contribution in [0.3, 0.4) is 0 Å². The van der Waals surface area contributed by atoms with E-state index in [1.54, 1.807) is 0 Å². The molecule has 0 bridgehead atoms. The SMILES string of the molecule is C=CCCC[C@@H]1CCC[C@H]1OC(=O)N[C@@H](C)C(=O)O. The molecule has 1 aliphatic rings. The van der Waals surface area contributed by atoms with Gasteiger partial charge in [0.15, 0.2) is 0 Å². The highest BCUT2D eigenvalue weighted by Gasteiger charge is 2.30. The monoisotopic (exact) mass is 269 g/mol. The van der Waals surface area contributed by atoms with Crippen molar-refractivity contribution in [1.29, 1.82) is 0 Å². The van der Waals surface area contributed by atoms with Crippen molar-refractivity contribution >= 4 is 12.1 Å². The van der Waals surface area contributed by atoms with Gasteiger partial charge in [-0.1, -0.05) is 6.08 Å². The number of carbonyl (C=O) groups excluding carboxylic acids is 1. The first kappa shape index (κ1) is 15.5. The first-order valence-electron chi connectivity index (χ1n) is 6.85. The highest BCUT2D eigenvalue weighted by Crippen LogP contribution is 2.32. The van der Waals surface area contributed by atoms with Gasteiger partial charge in [-0.05, 0) is 51.4 Å². The molecule has 0 aromatic carbocycles. The number of allylic oxidation sites excluding steroid dienone is 1. The molecule has 0 aliphatic heterocycles. The first-order valence-corrected chi connectivity index (χ1v) is 6.85. The molecule has 0 spiro atoms. The number of carboxylic acid groups (broad SMARTS) is 1. The van der Waals surface area contributed by atoms with Crippen molar-refractivity contribution < 1.29 is 19.4 Å². The van der Waals surface area contributed by atoms with Crippen LogP contribution in [0.5, 0.6) is 0 Å². The van der Waals surface area contributed by atoms with Crippen LogP contribution in [0.25, 0.3) is 0 Å². The number of nitrogens with one attached hydrogen (secondary N) is 1. The molecule has 0 aromatic rings. The van der Waals surface area contributed by atoms with Crippen molar-refractivity contribution in [3.05, 3.63) is 12.7 Å². The minimum absolute atomic E-state index is 0.0780. The Morgan fingerprint density at radius 3 is 2.89 bits per heavy atom. The molecule has 1 rings (SSSR count). The predicted octanol–water partition coefficient (Wildman–Crippen LogP) is 2.71. The molecule has 108 valence electrons. The number of aliphatic carboxylic acids is 1. The Labute approximate surface area is 114 Å². The molecule has 1 saturated carbocycles. The zero-order valence-corrected chi connectivity index (χ0v) is 11.4. The molecule has 0 unspecified atom stereocenters. The molecule has 1 amide bonds. The van der Waals surface area contributed by atoms with Crippen LogP contribution in [0.4, 0.5) is 4.79 Å². The van der Waals surface area contributed by atoms with Crippen molar-refractivity contribution in [2.75, 3.05) is 0 Å². The molecular formula is C14H23NO4. The van der Waals surface area contributed by atoms with Crippen LogP contribution >= 0.6 is 0 Å². The van der Waals surface area contributed by atoms with E-state index >= 15 is 0 Å². The van der Waals surface area contributed by atoms with Crippen molar-refractivity contribution in [3.63, 3.8) is 0 Å². The van der Waals surface area contributed by atoms with E-state index in [1.165, 1.54) is 6.92 Å². The van der Waals surface area contributed by atoms with Crippen molar-refractivity contribution in [1.82, 2.24) is 5.32 Å². The Balaban J connectivity index is 2.35. The van der Waals surface area contributed by atoms with Crippen LogP contribution in [-0.4, -0.2) is 29.3 Å². The van der Waals surface area contributed by atoms with Gasteiger partial charge in [-0.15, -0.1) is 6.58 Å². The van der Waals surface area contributed by atoms with E-state index in [0.717, 1.165) is 38.5 Å². The van der Waals surface area contributed by atoms with Crippen LogP contribution in [0.1, 0.15) is 45.4 Å². The van der Waals surface area contributed by atoms with Gasteiger partial charge in [-0.25, -0.2) is 4.79 Å². The number of unbranched alkanes of at least 4 members (excludes halogenated alkanes) is 1. The molecule has 0 saturated heterocycles. The maximum Gasteiger partial charge on any atom is 0.408 e. The number of ether oxygens (including phenoxy) is 1. The standard InChI is InChI=1S/C14H23NO4/c1-3-4-5-7-11-8-6-9-12(11)19-14(18)15-10(2)13(16)17/h3,10-12H,1,4-9H2,2H3,(H,15,18)(H,16,17)/t10-,11+,12+/m0/s1. The Bertz CT molecular complexity index is 329. The summed E-state index contributed by atoms with van der Waals surface area (Å²) in [6, 6.07) is -0.923. The van der Waals surface area contributed by atoms with Gasteiger partial charge in [0, 0.05) is 0 Å². The number of hydrogen-bond donors (Lipinski definition) is 2. The zero-order chi connectivity index (χ0) is 14.3. The minimum Gasteiger partial charge on any atom is -0.480 e. The topological polar surface area (TPSA) is 75.6 Å². The molecular weight excluding hydrogens is 246 g/mol. The maximum absolute atomic E-state index is 11.6. The van der Waals surface area contributed by atoms with Gasteiger partial charge >= 0.3 is 12.1 Å². The molecule has 0 heterocycles. The number of carbonyl (C=O) groups is 2. The van der Waals surface area contributed by atoms with Crippen molar-refractivity contribution in [2.45, 2.75) is 57.6 Å². The summed E-state index contributed by atoms with van der Waals surface area (Å²) in [4.78, 5) is 22.2. The Hall–Kier alpha value is -1.52. The Morgan fingerprint density at radius 1 is 1.53 bits per heavy atom. The number of carboxylic acids is 1. The summed E-state index contributed by atoms with van der Waals surface area (Å²) in [7, 11) is 0. The van der Waals surface area contributed by atoms with Gasteiger partial charge in [0.2, 0.25) is 0 Å². The third kappa shape index (κ3) is 5.32. The smallest absolute Gasteiger partial charge is 0.408 e. The third-order valence-electron chi connectivity index (χ3n) is 3.54. The van der Waals surface area contributed by atoms with Gasteiger partial charge in [-0.2, -0.15) is 0 Å². The maximum atomic E-state index is 11.6. The van der Waals surface area contributed by atoms with Crippen LogP contribution in [0.15, 0.2) is 12.7 Å². The van der Waals surface area contributed by atoms with Gasteiger partial charge in [0.1, 0.15) is 12.1 Å². The molecule has 2 N–H and O–H groups in total. The molecule has 1 aliphatic carbocycles. The van der Waals surface area contributed by atoms with Gasteiger partial charge in [0.05, 0.1) is 0 Å². The fraction of sp³-hybridized carbons (Fsp3) is 0.714. The fourth-order valence-electron chi connectivity index (χ4n) is 2.42. The number of alkyl carbamates (subject to hydrolysis) is 1. The van der Waals surface area contributed by atoms with Crippen LogP contribution in [0, 0.1) is 5.92 Å². The highest BCUT2D eigenvalue weighted by atomic mass is 16.6. The second-order valence-electron chi connectivity index (χ2n) is 5.06. The second kappa shape index (κ2) is 7.81. The molecule has 0 aromatic heterocycles. The van der Waals surface area contributed by atoms with E-state index < -0.39 is 18.1 Å². The number of amides is 1. The summed E-state index contributed by atoms with van der Waals surface area (Å²) in [6.45, 7) is 5.11. The lowest BCUT2D eigenvalue weighted by molar-refractivity contribution is -0.138. The molecule has 3 atom stereocenters. The Morgan fingerprint density at radius 2 is 2.26 bits per heavy atom. The summed E-state index contributed by atoms with van der Waals surface area (Å²) in [5.41, 5.74) is 0. The molecule has 19 heavy (non-hydrogen) atoms. The number of rotatable bonds is 7. The van der Waals surface area contributed by atoms with Gasteiger partial charge in [-0.3, -0.25) is 4.79 Å². The lowest BCUT2D eigenvalue weighted by atomic mass is 9.98. The third-order valence-corrected chi connectivity index (χ3v) is 3.54. The quantitative estimate of drug-likeness (QED) is 0.550. The van der Waals surface area contributed by atoms with E-state index in [-0.39, 0.29) is 6.10 Å². The van der Waals surface area contributed by atoms with Crippen molar-refractivity contribution in [2.24, 2.45) is 5.92 Å². The van der Waals surface area contributed by atoms with Crippen molar-refractivity contribution in [3.8, 4) is 0 Å². The van der Waals surface area contributed by atoms with Crippen LogP contribution in [-0.2, 0) is 9.53 Å². The summed E-state index contributed by atoms with van der Waals surface area (Å²) >= 11 is 0. The largest absolute Gasteiger partial charge is 0.480 e. The normalized spacial score (nSPS) is 23.6. The Kier molecular flexibility index (Phi) is 6.39. The van der Waals surface area contributed by atoms with E-state index in [2.05, 4.69) is 11.9 Å². The molecule has 5 nitrogen and oxygen atoms in total. The van der Waals surface area contributed by atoms with E-state index in [9.17, 15) is 9.59 Å². The fourth-order valence-corrected chi connectivity index (χ4v) is 2.42. The molecule has 0 radical (unpaired) electrons. The highest BCUT2D eigenvalue weighted by molar-refractivity contribution is 5.79. The summed E-state index contributed by atoms with van der Waals surface area (Å²) < 4.78 is 5.34. The molecule has 5 heteroatoms. The second-order valence-corrected chi connectivity index (χ2v) is 5.06. The number of hydrogen-bond acceptors (Lipinski definition) is 3. The van der Waals surface area contributed by atoms with Crippen LogP contribution in [0.2, 0.25) is 0 Å². The van der Waals surface area contributed by atoms with E-state index in [1.807, 2.05) is 6.08 Å². The first-order chi connectivity index (χ1) is 9.04. The lowest BCUT2D eigenvalue weighted by Crippen LogP contribution is -2.40. The van der Waals surface area contributed by atoms with E-state index in [0.29, 0.717) is 5.92 Å². The summed E-state index contributed by atoms with van der Waals surface area (Å²) in [5.74, 6) is -0.670. The molecule has 1 fully saturated rings. The van der Waals surface area contributed by atoms with Gasteiger partial charge in [0.25, 0.3) is 0 Å². The van der Waals surface area contributed by atoms with Crippen LogP contribution < -0.4 is 5.32 Å². The minimum atomic E-state index is -1.06. The van der Waals surface area contributed by atoms with Gasteiger partial charge < -0.3 is 15.2 Å². The average Bonchev–Trinajstić information content (AvgIpc) is 2.76. The van der Waals surface area contributed by atoms with E-state index in [4.69, 9.17) is 9.84 Å². The predicted molar refractivity (Wildman–Crippen MR) is 71.9 cm³/mol. The lowest BCUT2D eigenvalue weighted by Gasteiger charge is -2.20. The summed E-state index contributed by atoms with van der Waals surface area (Å²) in [6.07, 6.45) is 7.25.